The van der Waals surface area contributed by atoms with Crippen molar-refractivity contribution in [1.82, 2.24) is 24.8 Å². The largest absolute Gasteiger partial charge is 0.484 e. The SMILES string of the molecule is Cc1cccc(OCC(=O)N2CCN(C(=O)c3nnn4c3CO[C@@H](c3ccc(Cl)cc3)C4)CC2)c1. The maximum absolute atomic E-state index is 13.2. The highest BCUT2D eigenvalue weighted by Gasteiger charge is 2.32. The van der Waals surface area contributed by atoms with Crippen LogP contribution in [0.4, 0.5) is 0 Å². The van der Waals surface area contributed by atoms with Gasteiger partial charge in [0.2, 0.25) is 0 Å². The number of nitrogens with zero attached hydrogens (tertiary/aromatic N) is 5. The van der Waals surface area contributed by atoms with Gasteiger partial charge in [0.05, 0.1) is 18.8 Å². The number of hydrogen-bond donors (Lipinski definition) is 0. The average Bonchev–Trinajstić information content (AvgIpc) is 3.31. The van der Waals surface area contributed by atoms with Crippen molar-refractivity contribution in [2.45, 2.75) is 26.2 Å². The van der Waals surface area contributed by atoms with Gasteiger partial charge in [0.15, 0.2) is 12.3 Å². The lowest BCUT2D eigenvalue weighted by Crippen LogP contribution is -2.51. The molecule has 1 atom stereocenters. The third kappa shape index (κ3) is 5.16. The number of aryl methyl sites for hydroxylation is 1. The van der Waals surface area contributed by atoms with Crippen molar-refractivity contribution < 1.29 is 19.1 Å². The van der Waals surface area contributed by atoms with Gasteiger partial charge in [0, 0.05) is 31.2 Å². The summed E-state index contributed by atoms with van der Waals surface area (Å²) in [4.78, 5) is 29.2. The van der Waals surface area contributed by atoms with E-state index in [4.69, 9.17) is 21.1 Å². The van der Waals surface area contributed by atoms with Crippen molar-refractivity contribution in [3.8, 4) is 5.75 Å². The Hall–Kier alpha value is -3.43. The zero-order chi connectivity index (χ0) is 24.4. The molecule has 0 spiro atoms. The van der Waals surface area contributed by atoms with Crippen molar-refractivity contribution in [3.05, 3.63) is 76.1 Å². The van der Waals surface area contributed by atoms with Crippen LogP contribution in [0.25, 0.3) is 0 Å². The fraction of sp³-hybridized carbons (Fsp3) is 0.360. The van der Waals surface area contributed by atoms with Crippen molar-refractivity contribution in [2.24, 2.45) is 0 Å². The van der Waals surface area contributed by atoms with Crippen LogP contribution in [-0.4, -0.2) is 69.4 Å². The van der Waals surface area contributed by atoms with Crippen LogP contribution in [0.3, 0.4) is 0 Å². The minimum Gasteiger partial charge on any atom is -0.484 e. The maximum atomic E-state index is 13.2. The predicted molar refractivity (Wildman–Crippen MR) is 128 cm³/mol. The van der Waals surface area contributed by atoms with E-state index in [0.717, 1.165) is 11.1 Å². The molecule has 10 heteroatoms. The number of amides is 2. The van der Waals surface area contributed by atoms with E-state index in [1.165, 1.54) is 0 Å². The molecule has 2 amide bonds. The highest BCUT2D eigenvalue weighted by Crippen LogP contribution is 2.28. The van der Waals surface area contributed by atoms with Crippen LogP contribution >= 0.6 is 11.6 Å². The van der Waals surface area contributed by atoms with Crippen LogP contribution in [0.1, 0.15) is 33.4 Å². The Bertz CT molecular complexity index is 1220. The molecule has 5 rings (SSSR count). The number of hydrogen-bond acceptors (Lipinski definition) is 6. The number of halogens is 1. The van der Waals surface area contributed by atoms with Gasteiger partial charge in [-0.2, -0.15) is 0 Å². The molecule has 2 aromatic carbocycles. The lowest BCUT2D eigenvalue weighted by molar-refractivity contribution is -0.134. The second-order valence-electron chi connectivity index (χ2n) is 8.70. The van der Waals surface area contributed by atoms with E-state index in [1.54, 1.807) is 14.5 Å². The molecule has 2 aliphatic heterocycles. The zero-order valence-corrected chi connectivity index (χ0v) is 20.1. The van der Waals surface area contributed by atoms with Gasteiger partial charge < -0.3 is 19.3 Å². The standard InChI is InChI=1S/C25H26ClN5O4/c1-17-3-2-4-20(13-17)34-16-23(32)29-9-11-30(12-10-29)25(33)24-21-15-35-22(14-31(21)28-27-24)18-5-7-19(26)8-6-18/h2-8,13,22H,9-12,14-16H2,1H3/t22-/m1/s1. The van der Waals surface area contributed by atoms with Crippen molar-refractivity contribution in [3.63, 3.8) is 0 Å². The number of carbonyl (C=O) groups excluding carboxylic acids is 2. The van der Waals surface area contributed by atoms with Crippen LogP contribution in [0, 0.1) is 6.92 Å². The van der Waals surface area contributed by atoms with Gasteiger partial charge in [0.25, 0.3) is 11.8 Å². The second kappa shape index (κ2) is 10.1. The predicted octanol–water partition coefficient (Wildman–Crippen LogP) is 2.87. The van der Waals surface area contributed by atoms with E-state index in [9.17, 15) is 9.59 Å². The quantitative estimate of drug-likeness (QED) is 0.540. The minimum atomic E-state index is -0.192. The molecular formula is C25H26ClN5O4. The number of ether oxygens (including phenoxy) is 2. The van der Waals surface area contributed by atoms with Gasteiger partial charge >= 0.3 is 0 Å². The molecule has 0 saturated carbocycles. The minimum absolute atomic E-state index is 0.0258. The van der Waals surface area contributed by atoms with Crippen molar-refractivity contribution in [2.75, 3.05) is 32.8 Å². The molecule has 2 aliphatic rings. The molecule has 0 radical (unpaired) electrons. The molecule has 0 aliphatic carbocycles. The first-order valence-corrected chi connectivity index (χ1v) is 11.9. The summed E-state index contributed by atoms with van der Waals surface area (Å²) in [6.45, 7) is 4.41. The van der Waals surface area contributed by atoms with E-state index in [0.29, 0.717) is 54.9 Å². The van der Waals surface area contributed by atoms with E-state index in [2.05, 4.69) is 10.3 Å². The third-order valence-electron chi connectivity index (χ3n) is 6.31. The van der Waals surface area contributed by atoms with Crippen LogP contribution < -0.4 is 4.74 Å². The molecule has 35 heavy (non-hydrogen) atoms. The normalized spacial score (nSPS) is 17.7. The number of fused-ring (bicyclic) bond motifs is 1. The molecule has 0 bridgehead atoms. The number of rotatable bonds is 5. The lowest BCUT2D eigenvalue weighted by Gasteiger charge is -2.34. The van der Waals surface area contributed by atoms with Crippen LogP contribution in [0.5, 0.6) is 5.75 Å². The number of benzene rings is 2. The van der Waals surface area contributed by atoms with Gasteiger partial charge in [-0.25, -0.2) is 4.68 Å². The summed E-state index contributed by atoms with van der Waals surface area (Å²) in [6, 6.07) is 15.1. The Balaban J connectivity index is 1.15. The fourth-order valence-corrected chi connectivity index (χ4v) is 4.43. The van der Waals surface area contributed by atoms with Gasteiger partial charge in [-0.15, -0.1) is 5.10 Å². The molecule has 3 heterocycles. The second-order valence-corrected chi connectivity index (χ2v) is 9.13. The van der Waals surface area contributed by atoms with Crippen molar-refractivity contribution >= 4 is 23.4 Å². The summed E-state index contributed by atoms with van der Waals surface area (Å²) in [5.74, 6) is 0.383. The number of aromatic nitrogens is 3. The lowest BCUT2D eigenvalue weighted by atomic mass is 10.1. The van der Waals surface area contributed by atoms with E-state index < -0.39 is 0 Å². The molecule has 0 unspecified atom stereocenters. The Kier molecular flexibility index (Phi) is 6.70. The van der Waals surface area contributed by atoms with Crippen molar-refractivity contribution in [1.29, 1.82) is 0 Å². The van der Waals surface area contributed by atoms with Crippen LogP contribution in [-0.2, 0) is 22.7 Å². The van der Waals surface area contributed by atoms with Gasteiger partial charge in [-0.3, -0.25) is 9.59 Å². The summed E-state index contributed by atoms with van der Waals surface area (Å²) in [5.41, 5.74) is 3.05. The highest BCUT2D eigenvalue weighted by atomic mass is 35.5. The fourth-order valence-electron chi connectivity index (χ4n) is 4.31. The first kappa shape index (κ1) is 23.3. The van der Waals surface area contributed by atoms with E-state index in [-0.39, 0.29) is 31.1 Å². The summed E-state index contributed by atoms with van der Waals surface area (Å²) in [5, 5.41) is 9.03. The van der Waals surface area contributed by atoms with Gasteiger partial charge in [-0.05, 0) is 42.3 Å². The van der Waals surface area contributed by atoms with E-state index in [1.807, 2.05) is 55.5 Å². The Morgan fingerprint density at radius 3 is 2.57 bits per heavy atom. The van der Waals surface area contributed by atoms with E-state index >= 15 is 0 Å². The summed E-state index contributed by atoms with van der Waals surface area (Å²) in [6.07, 6.45) is -0.180. The van der Waals surface area contributed by atoms with Crippen LogP contribution in [0.2, 0.25) is 5.02 Å². The zero-order valence-electron chi connectivity index (χ0n) is 19.4. The molecule has 1 fully saturated rings. The molecule has 3 aromatic rings. The smallest absolute Gasteiger partial charge is 0.276 e. The summed E-state index contributed by atoms with van der Waals surface area (Å²) in [7, 11) is 0. The molecular weight excluding hydrogens is 470 g/mol. The first-order valence-electron chi connectivity index (χ1n) is 11.5. The average molecular weight is 496 g/mol. The maximum Gasteiger partial charge on any atom is 0.276 e. The monoisotopic (exact) mass is 495 g/mol. The molecule has 1 aromatic heterocycles. The van der Waals surface area contributed by atoms with Gasteiger partial charge in [-0.1, -0.05) is 41.1 Å². The Morgan fingerprint density at radius 2 is 1.83 bits per heavy atom. The number of piperazine rings is 1. The highest BCUT2D eigenvalue weighted by molar-refractivity contribution is 6.30. The topological polar surface area (TPSA) is 89.8 Å². The molecule has 0 N–H and O–H groups in total. The summed E-state index contributed by atoms with van der Waals surface area (Å²) >= 11 is 5.98. The molecule has 9 nitrogen and oxygen atoms in total. The van der Waals surface area contributed by atoms with Gasteiger partial charge in [0.1, 0.15) is 11.9 Å². The Labute approximate surface area is 208 Å². The number of carbonyl (C=O) groups is 2. The molecule has 1 saturated heterocycles. The van der Waals surface area contributed by atoms with Crippen LogP contribution in [0.15, 0.2) is 48.5 Å². The molecule has 182 valence electrons. The summed E-state index contributed by atoms with van der Waals surface area (Å²) < 4.78 is 13.4. The first-order chi connectivity index (χ1) is 17.0. The Morgan fingerprint density at radius 1 is 1.09 bits per heavy atom. The third-order valence-corrected chi connectivity index (χ3v) is 6.57.